The summed E-state index contributed by atoms with van der Waals surface area (Å²) in [5.41, 5.74) is 0. The Balaban J connectivity index is 3.27. The van der Waals surface area contributed by atoms with Gasteiger partial charge in [0.05, 0.1) is 6.54 Å². The van der Waals surface area contributed by atoms with Crippen LogP contribution in [0.1, 0.15) is 13.8 Å². The molecular formula is C10H12F9N2+. The van der Waals surface area contributed by atoms with E-state index < -0.39 is 41.3 Å². The molecule has 0 aromatic carbocycles. The van der Waals surface area contributed by atoms with Gasteiger partial charge in [-0.2, -0.15) is 44.4 Å². The van der Waals surface area contributed by atoms with E-state index in [2.05, 4.69) is 0 Å². The molecule has 0 bridgehead atoms. The molecule has 0 saturated carbocycles. The minimum atomic E-state index is -6.86. The van der Waals surface area contributed by atoms with Gasteiger partial charge in [-0.25, -0.2) is 0 Å². The van der Waals surface area contributed by atoms with Gasteiger partial charge in [0.1, 0.15) is 13.1 Å². The Morgan fingerprint density at radius 2 is 1.43 bits per heavy atom. The van der Waals surface area contributed by atoms with Gasteiger partial charge in [0.25, 0.3) is 0 Å². The van der Waals surface area contributed by atoms with E-state index in [1.165, 1.54) is 6.92 Å². The van der Waals surface area contributed by atoms with Crippen LogP contribution in [-0.2, 0) is 0 Å². The number of hydrogen-bond donors (Lipinski definition) is 0. The zero-order chi connectivity index (χ0) is 16.9. The van der Waals surface area contributed by atoms with Gasteiger partial charge in [0, 0.05) is 6.92 Å². The molecule has 0 atom stereocenters. The lowest BCUT2D eigenvalue weighted by Gasteiger charge is -2.34. The summed E-state index contributed by atoms with van der Waals surface area (Å²) < 4.78 is 116. The Bertz CT molecular complexity index is 438. The molecule has 0 saturated heterocycles. The normalized spacial score (nSPS) is 18.7. The van der Waals surface area contributed by atoms with Crippen molar-refractivity contribution in [1.82, 2.24) is 4.90 Å². The number of alkyl halides is 9. The Hall–Kier alpha value is -1.16. The average Bonchev–Trinajstić information content (AvgIpc) is 2.68. The van der Waals surface area contributed by atoms with E-state index in [0.29, 0.717) is 0 Å². The number of halogens is 9. The fourth-order valence-corrected chi connectivity index (χ4v) is 1.98. The lowest BCUT2D eigenvalue weighted by atomic mass is 10.1. The van der Waals surface area contributed by atoms with Crippen molar-refractivity contribution in [1.29, 1.82) is 0 Å². The third-order valence-electron chi connectivity index (χ3n) is 3.29. The van der Waals surface area contributed by atoms with E-state index in [9.17, 15) is 39.5 Å². The summed E-state index contributed by atoms with van der Waals surface area (Å²) in [7, 11) is 0. The van der Waals surface area contributed by atoms with Crippen molar-refractivity contribution < 1.29 is 44.1 Å². The lowest BCUT2D eigenvalue weighted by molar-refractivity contribution is -0.515. The van der Waals surface area contributed by atoms with Crippen LogP contribution in [0, 0.1) is 0 Å². The minimum Gasteiger partial charge on any atom is -0.262 e. The van der Waals surface area contributed by atoms with Gasteiger partial charge >= 0.3 is 24.1 Å². The molecule has 0 spiro atoms. The zero-order valence-corrected chi connectivity index (χ0v) is 10.9. The number of rotatable bonds is 4. The predicted octanol–water partition coefficient (Wildman–Crippen LogP) is 3.18. The highest BCUT2D eigenvalue weighted by molar-refractivity contribution is 5.76. The molecule has 1 rings (SSSR count). The first-order valence-electron chi connectivity index (χ1n) is 5.78. The zero-order valence-electron chi connectivity index (χ0n) is 10.9. The van der Waals surface area contributed by atoms with Crippen LogP contribution in [0.3, 0.4) is 0 Å². The molecule has 21 heavy (non-hydrogen) atoms. The SMILES string of the molecule is CC[N+]1=C(C)N(C(F)(F)C(F)(F)C(F)(F)C(F)(F)F)CC1. The fourth-order valence-electron chi connectivity index (χ4n) is 1.98. The van der Waals surface area contributed by atoms with Crippen LogP contribution >= 0.6 is 0 Å². The van der Waals surface area contributed by atoms with Crippen LogP contribution in [0.5, 0.6) is 0 Å². The topological polar surface area (TPSA) is 6.25 Å². The quantitative estimate of drug-likeness (QED) is 0.436. The summed E-state index contributed by atoms with van der Waals surface area (Å²) in [6, 6.07) is -5.68. The van der Waals surface area contributed by atoms with Crippen LogP contribution in [0.15, 0.2) is 0 Å². The number of amidine groups is 1. The Morgan fingerprint density at radius 1 is 0.952 bits per heavy atom. The smallest absolute Gasteiger partial charge is 0.262 e. The molecule has 11 heteroatoms. The monoisotopic (exact) mass is 331 g/mol. The van der Waals surface area contributed by atoms with Crippen LogP contribution in [0.25, 0.3) is 0 Å². The molecule has 0 unspecified atom stereocenters. The van der Waals surface area contributed by atoms with Crippen molar-refractivity contribution in [3.63, 3.8) is 0 Å². The molecule has 0 amide bonds. The first-order chi connectivity index (χ1) is 9.21. The maximum absolute atomic E-state index is 13.6. The van der Waals surface area contributed by atoms with E-state index in [1.54, 1.807) is 0 Å². The van der Waals surface area contributed by atoms with E-state index in [-0.39, 0.29) is 13.1 Å². The van der Waals surface area contributed by atoms with Crippen LogP contribution in [0.4, 0.5) is 39.5 Å². The number of hydrogen-bond acceptors (Lipinski definition) is 1. The standard InChI is InChI=1S/C10H12F9N2/c1-3-20-4-5-21(6(20)2)10(18,19)8(13,14)7(11,12)9(15,16)17/h3-5H2,1-2H3/q+1. The predicted molar refractivity (Wildman–Crippen MR) is 54.0 cm³/mol. The van der Waals surface area contributed by atoms with Gasteiger partial charge in [0.15, 0.2) is 0 Å². The fraction of sp³-hybridized carbons (Fsp3) is 0.900. The Morgan fingerprint density at radius 3 is 1.76 bits per heavy atom. The highest BCUT2D eigenvalue weighted by Crippen LogP contribution is 2.54. The maximum atomic E-state index is 13.6. The molecular weight excluding hydrogens is 319 g/mol. The molecule has 1 heterocycles. The number of likely N-dealkylation sites (N-methyl/N-ethyl adjacent to an activating group) is 1. The molecule has 0 aliphatic carbocycles. The van der Waals surface area contributed by atoms with Gasteiger partial charge < -0.3 is 0 Å². The molecule has 124 valence electrons. The molecule has 0 aromatic rings. The van der Waals surface area contributed by atoms with Crippen molar-refractivity contribution in [2.24, 2.45) is 0 Å². The maximum Gasteiger partial charge on any atom is 0.465 e. The van der Waals surface area contributed by atoms with Gasteiger partial charge in [0.2, 0.25) is 5.84 Å². The first kappa shape index (κ1) is 17.9. The molecule has 2 nitrogen and oxygen atoms in total. The van der Waals surface area contributed by atoms with Gasteiger partial charge in [-0.05, 0) is 6.92 Å². The third-order valence-corrected chi connectivity index (χ3v) is 3.29. The highest BCUT2D eigenvalue weighted by Gasteiger charge is 2.85. The molecule has 0 aromatic heterocycles. The van der Waals surface area contributed by atoms with Gasteiger partial charge in [-0.3, -0.25) is 4.58 Å². The van der Waals surface area contributed by atoms with E-state index in [1.807, 2.05) is 0 Å². The summed E-state index contributed by atoms with van der Waals surface area (Å²) in [6.45, 7) is 1.61. The second-order valence-electron chi connectivity index (χ2n) is 4.47. The summed E-state index contributed by atoms with van der Waals surface area (Å²) in [6.07, 6.45) is -6.79. The van der Waals surface area contributed by atoms with Crippen molar-refractivity contribution in [3.05, 3.63) is 0 Å². The number of nitrogens with zero attached hydrogens (tertiary/aromatic N) is 2. The van der Waals surface area contributed by atoms with Gasteiger partial charge in [-0.1, -0.05) is 0 Å². The van der Waals surface area contributed by atoms with E-state index in [0.717, 1.165) is 11.5 Å². The van der Waals surface area contributed by atoms with Crippen molar-refractivity contribution in [3.8, 4) is 0 Å². The summed E-state index contributed by atoms with van der Waals surface area (Å²) in [4.78, 5) is -0.420. The molecule has 0 fully saturated rings. The highest BCUT2D eigenvalue weighted by atomic mass is 19.4. The molecule has 0 radical (unpaired) electrons. The molecule has 1 aliphatic rings. The molecule has 1 aliphatic heterocycles. The second kappa shape index (κ2) is 4.94. The summed E-state index contributed by atoms with van der Waals surface area (Å²) in [5.74, 6) is -14.0. The summed E-state index contributed by atoms with van der Waals surface area (Å²) in [5, 5.41) is 0. The minimum absolute atomic E-state index is 0.125. The van der Waals surface area contributed by atoms with Crippen LogP contribution < -0.4 is 0 Å². The van der Waals surface area contributed by atoms with E-state index >= 15 is 0 Å². The Labute approximate surface area is 113 Å². The van der Waals surface area contributed by atoms with Crippen molar-refractivity contribution >= 4 is 5.84 Å². The molecule has 0 N–H and O–H groups in total. The largest absolute Gasteiger partial charge is 0.465 e. The van der Waals surface area contributed by atoms with E-state index in [4.69, 9.17) is 0 Å². The van der Waals surface area contributed by atoms with Crippen LogP contribution in [-0.4, -0.2) is 59.0 Å². The summed E-state index contributed by atoms with van der Waals surface area (Å²) >= 11 is 0. The second-order valence-corrected chi connectivity index (χ2v) is 4.47. The lowest BCUT2D eigenvalue weighted by Crippen LogP contribution is -2.66. The van der Waals surface area contributed by atoms with Crippen molar-refractivity contribution in [2.45, 2.75) is 37.9 Å². The van der Waals surface area contributed by atoms with Crippen LogP contribution in [0.2, 0.25) is 0 Å². The van der Waals surface area contributed by atoms with Crippen molar-refractivity contribution in [2.75, 3.05) is 19.6 Å². The first-order valence-corrected chi connectivity index (χ1v) is 5.78. The Kier molecular flexibility index (Phi) is 4.21. The third kappa shape index (κ3) is 2.44. The average molecular weight is 331 g/mol. The van der Waals surface area contributed by atoms with Gasteiger partial charge in [-0.15, -0.1) is 0 Å².